The highest BCUT2D eigenvalue weighted by Crippen LogP contribution is 2.26. The van der Waals surface area contributed by atoms with Crippen molar-refractivity contribution in [3.8, 4) is 5.75 Å². The monoisotopic (exact) mass is 591 g/mol. The standard InChI is InChI=1S/C35H33N3O4S/c1-26(2)28-17-19-31(20-18-28)38(43(40,41)33-12-4-3-5-13-33)24-35(39)37-36-23-27-15-21-32(22-16-27)42-25-30-11-8-10-29-9-6-7-14-34(29)30/h3-23,26H,24-25H2,1-2H3,(H,37,39)/b36-23+. The van der Waals surface area contributed by atoms with E-state index < -0.39 is 22.5 Å². The Balaban J connectivity index is 1.23. The van der Waals surface area contributed by atoms with Gasteiger partial charge in [-0.25, -0.2) is 13.8 Å². The number of nitrogens with one attached hydrogen (secondary N) is 1. The Hall–Kier alpha value is -4.95. The summed E-state index contributed by atoms with van der Waals surface area (Å²) in [5, 5.41) is 6.38. The predicted molar refractivity (Wildman–Crippen MR) is 172 cm³/mol. The lowest BCUT2D eigenvalue weighted by Crippen LogP contribution is -2.39. The van der Waals surface area contributed by atoms with Crippen LogP contribution in [0, 0.1) is 0 Å². The molecule has 0 saturated carbocycles. The Bertz CT molecular complexity index is 1810. The number of fused-ring (bicyclic) bond motifs is 1. The Kier molecular flexibility index (Phi) is 9.17. The molecule has 0 aliphatic rings. The van der Waals surface area contributed by atoms with Crippen molar-refractivity contribution in [2.24, 2.45) is 5.10 Å². The summed E-state index contributed by atoms with van der Waals surface area (Å²) in [5.74, 6) is 0.425. The number of carbonyl (C=O) groups excluding carboxylic acids is 1. The highest BCUT2D eigenvalue weighted by Gasteiger charge is 2.27. The van der Waals surface area contributed by atoms with E-state index in [9.17, 15) is 13.2 Å². The summed E-state index contributed by atoms with van der Waals surface area (Å²) in [6, 6.07) is 36.9. The first-order valence-corrected chi connectivity index (χ1v) is 15.4. The lowest BCUT2D eigenvalue weighted by Gasteiger charge is -2.24. The summed E-state index contributed by atoms with van der Waals surface area (Å²) < 4.78 is 34.1. The van der Waals surface area contributed by atoms with Gasteiger partial charge < -0.3 is 4.74 Å². The number of anilines is 1. The maximum absolute atomic E-state index is 13.5. The number of sulfonamides is 1. The second kappa shape index (κ2) is 13.4. The summed E-state index contributed by atoms with van der Waals surface area (Å²) in [4.78, 5) is 13.0. The molecular weight excluding hydrogens is 558 g/mol. The van der Waals surface area contributed by atoms with Gasteiger partial charge in [0.1, 0.15) is 18.9 Å². The minimum Gasteiger partial charge on any atom is -0.489 e. The fourth-order valence-electron chi connectivity index (χ4n) is 4.63. The third kappa shape index (κ3) is 7.28. The molecule has 0 aliphatic heterocycles. The van der Waals surface area contributed by atoms with Gasteiger partial charge in [-0.1, -0.05) is 86.6 Å². The number of nitrogens with zero attached hydrogens (tertiary/aromatic N) is 2. The van der Waals surface area contributed by atoms with Gasteiger partial charge in [0.05, 0.1) is 16.8 Å². The molecule has 0 saturated heterocycles. The van der Waals surface area contributed by atoms with Crippen LogP contribution in [0.5, 0.6) is 5.75 Å². The smallest absolute Gasteiger partial charge is 0.264 e. The van der Waals surface area contributed by atoms with Gasteiger partial charge in [0.15, 0.2) is 0 Å². The zero-order valence-electron chi connectivity index (χ0n) is 24.1. The molecule has 0 fully saturated rings. The average Bonchev–Trinajstić information content (AvgIpc) is 3.03. The van der Waals surface area contributed by atoms with E-state index >= 15 is 0 Å². The third-order valence-corrected chi connectivity index (χ3v) is 8.81. The van der Waals surface area contributed by atoms with Gasteiger partial charge in [-0.2, -0.15) is 5.10 Å². The maximum atomic E-state index is 13.5. The Morgan fingerprint density at radius 1 is 0.837 bits per heavy atom. The molecule has 0 atom stereocenters. The van der Waals surface area contributed by atoms with Crippen molar-refractivity contribution in [2.75, 3.05) is 10.8 Å². The molecule has 0 spiro atoms. The number of carbonyl (C=O) groups is 1. The van der Waals surface area contributed by atoms with Crippen LogP contribution in [-0.4, -0.2) is 27.1 Å². The van der Waals surface area contributed by atoms with E-state index in [-0.39, 0.29) is 10.8 Å². The van der Waals surface area contributed by atoms with Crippen molar-refractivity contribution >= 4 is 38.6 Å². The van der Waals surface area contributed by atoms with E-state index in [0.717, 1.165) is 26.4 Å². The predicted octanol–water partition coefficient (Wildman–Crippen LogP) is 6.89. The molecule has 0 aliphatic carbocycles. The summed E-state index contributed by atoms with van der Waals surface area (Å²) in [6.45, 7) is 4.13. The molecule has 0 heterocycles. The molecule has 1 N–H and O–H groups in total. The van der Waals surface area contributed by atoms with E-state index in [0.29, 0.717) is 18.0 Å². The second-order valence-corrected chi connectivity index (χ2v) is 12.2. The van der Waals surface area contributed by atoms with Crippen LogP contribution in [0.1, 0.15) is 36.5 Å². The normalized spacial score (nSPS) is 11.6. The minimum atomic E-state index is -4.00. The molecule has 5 aromatic rings. The quantitative estimate of drug-likeness (QED) is 0.134. The van der Waals surface area contributed by atoms with Crippen LogP contribution in [-0.2, 0) is 21.4 Å². The molecular formula is C35H33N3O4S. The van der Waals surface area contributed by atoms with Gasteiger partial charge in [0.25, 0.3) is 15.9 Å². The summed E-state index contributed by atoms with van der Waals surface area (Å²) in [7, 11) is -4.00. The van der Waals surface area contributed by atoms with E-state index in [4.69, 9.17) is 4.74 Å². The van der Waals surface area contributed by atoms with E-state index in [2.05, 4.69) is 48.6 Å². The second-order valence-electron chi connectivity index (χ2n) is 10.4. The molecule has 0 bridgehead atoms. The highest BCUT2D eigenvalue weighted by atomic mass is 32.2. The van der Waals surface area contributed by atoms with Crippen molar-refractivity contribution in [3.05, 3.63) is 138 Å². The lowest BCUT2D eigenvalue weighted by atomic mass is 10.0. The van der Waals surface area contributed by atoms with Crippen LogP contribution in [0.25, 0.3) is 10.8 Å². The molecule has 218 valence electrons. The Morgan fingerprint density at radius 2 is 1.51 bits per heavy atom. The van der Waals surface area contributed by atoms with Gasteiger partial charge in [-0.05, 0) is 81.9 Å². The first-order chi connectivity index (χ1) is 20.8. The molecule has 5 aromatic carbocycles. The topological polar surface area (TPSA) is 88.1 Å². The molecule has 0 unspecified atom stereocenters. The first-order valence-electron chi connectivity index (χ1n) is 14.0. The number of benzene rings is 5. The minimum absolute atomic E-state index is 0.0991. The van der Waals surface area contributed by atoms with Gasteiger partial charge >= 0.3 is 0 Å². The number of rotatable bonds is 11. The van der Waals surface area contributed by atoms with E-state index in [1.807, 2.05) is 54.6 Å². The van der Waals surface area contributed by atoms with Crippen molar-refractivity contribution in [1.82, 2.24) is 5.43 Å². The van der Waals surface area contributed by atoms with Crippen molar-refractivity contribution in [1.29, 1.82) is 0 Å². The summed E-state index contributed by atoms with van der Waals surface area (Å²) in [5.41, 5.74) is 5.77. The van der Waals surface area contributed by atoms with Gasteiger partial charge in [-0.3, -0.25) is 9.10 Å². The Labute approximate surface area is 252 Å². The van der Waals surface area contributed by atoms with Crippen LogP contribution >= 0.6 is 0 Å². The van der Waals surface area contributed by atoms with Crippen LogP contribution in [0.4, 0.5) is 5.69 Å². The number of hydrazone groups is 1. The average molecular weight is 592 g/mol. The zero-order valence-corrected chi connectivity index (χ0v) is 24.9. The van der Waals surface area contributed by atoms with Crippen molar-refractivity contribution in [3.63, 3.8) is 0 Å². The van der Waals surface area contributed by atoms with Gasteiger partial charge in [0.2, 0.25) is 0 Å². The number of ether oxygens (including phenoxy) is 1. The number of amides is 1. The SMILES string of the molecule is CC(C)c1ccc(N(CC(=O)N/N=C/c2ccc(OCc3cccc4ccccc34)cc2)S(=O)(=O)c2ccccc2)cc1. The maximum Gasteiger partial charge on any atom is 0.264 e. The van der Waals surface area contributed by atoms with Crippen molar-refractivity contribution in [2.45, 2.75) is 31.3 Å². The van der Waals surface area contributed by atoms with Gasteiger partial charge in [-0.15, -0.1) is 0 Å². The molecule has 5 rings (SSSR count). The third-order valence-electron chi connectivity index (χ3n) is 7.02. The molecule has 0 aromatic heterocycles. The van der Waals surface area contributed by atoms with E-state index in [1.54, 1.807) is 30.3 Å². The first kappa shape index (κ1) is 29.5. The van der Waals surface area contributed by atoms with Crippen LogP contribution in [0.15, 0.2) is 131 Å². The number of hydrogen-bond donors (Lipinski definition) is 1. The van der Waals surface area contributed by atoms with Crippen LogP contribution < -0.4 is 14.5 Å². The fourth-order valence-corrected chi connectivity index (χ4v) is 6.08. The van der Waals surface area contributed by atoms with Crippen LogP contribution in [0.3, 0.4) is 0 Å². The van der Waals surface area contributed by atoms with Crippen LogP contribution in [0.2, 0.25) is 0 Å². The largest absolute Gasteiger partial charge is 0.489 e. The lowest BCUT2D eigenvalue weighted by molar-refractivity contribution is -0.119. The molecule has 1 amide bonds. The van der Waals surface area contributed by atoms with Gasteiger partial charge in [0, 0.05) is 0 Å². The summed E-state index contributed by atoms with van der Waals surface area (Å²) in [6.07, 6.45) is 1.50. The van der Waals surface area contributed by atoms with E-state index in [1.165, 1.54) is 23.7 Å². The Morgan fingerprint density at radius 3 is 2.23 bits per heavy atom. The molecule has 43 heavy (non-hydrogen) atoms. The molecule has 7 nitrogen and oxygen atoms in total. The number of hydrogen-bond acceptors (Lipinski definition) is 5. The van der Waals surface area contributed by atoms with Crippen molar-refractivity contribution < 1.29 is 17.9 Å². The highest BCUT2D eigenvalue weighted by molar-refractivity contribution is 7.92. The fraction of sp³-hybridized carbons (Fsp3) is 0.143. The molecule has 8 heteroatoms. The molecule has 0 radical (unpaired) electrons. The zero-order chi connectivity index (χ0) is 30.2. The summed E-state index contributed by atoms with van der Waals surface area (Å²) >= 11 is 0.